The molecule has 5 heteroatoms. The van der Waals surface area contributed by atoms with E-state index in [9.17, 15) is 4.79 Å². The zero-order chi connectivity index (χ0) is 11.7. The SMILES string of the molecule is Cc1cc2nc(SCC(=O)O)[nH]c2cc1C. The molecule has 0 fully saturated rings. The molecule has 0 unspecified atom stereocenters. The number of nitrogens with zero attached hydrogens (tertiary/aromatic N) is 1. The fourth-order valence-corrected chi connectivity index (χ4v) is 2.05. The highest BCUT2D eigenvalue weighted by Crippen LogP contribution is 2.21. The van der Waals surface area contributed by atoms with Gasteiger partial charge in [-0.25, -0.2) is 4.98 Å². The van der Waals surface area contributed by atoms with E-state index in [1.165, 1.54) is 22.9 Å². The Labute approximate surface area is 97.1 Å². The smallest absolute Gasteiger partial charge is 0.313 e. The zero-order valence-electron chi connectivity index (χ0n) is 9.07. The molecule has 2 N–H and O–H groups in total. The van der Waals surface area contributed by atoms with E-state index in [0.717, 1.165) is 11.0 Å². The van der Waals surface area contributed by atoms with Crippen LogP contribution < -0.4 is 0 Å². The van der Waals surface area contributed by atoms with Gasteiger partial charge in [-0.3, -0.25) is 4.79 Å². The molecule has 0 atom stereocenters. The monoisotopic (exact) mass is 236 g/mol. The van der Waals surface area contributed by atoms with Crippen LogP contribution >= 0.6 is 11.8 Å². The molecule has 0 bridgehead atoms. The Morgan fingerprint density at radius 3 is 2.81 bits per heavy atom. The number of H-pyrrole nitrogens is 1. The number of carbonyl (C=O) groups is 1. The maximum absolute atomic E-state index is 10.4. The van der Waals surface area contributed by atoms with Gasteiger partial charge in [-0.05, 0) is 37.1 Å². The summed E-state index contributed by atoms with van der Waals surface area (Å²) in [5.41, 5.74) is 4.23. The van der Waals surface area contributed by atoms with E-state index < -0.39 is 5.97 Å². The van der Waals surface area contributed by atoms with Gasteiger partial charge in [-0.2, -0.15) is 0 Å². The summed E-state index contributed by atoms with van der Waals surface area (Å²) in [6.07, 6.45) is 0. The summed E-state index contributed by atoms with van der Waals surface area (Å²) in [6, 6.07) is 4.04. The van der Waals surface area contributed by atoms with Gasteiger partial charge < -0.3 is 10.1 Å². The molecule has 0 aliphatic carbocycles. The maximum Gasteiger partial charge on any atom is 0.313 e. The van der Waals surface area contributed by atoms with Crippen molar-refractivity contribution >= 4 is 28.8 Å². The first-order chi connectivity index (χ1) is 7.56. The number of aryl methyl sites for hydroxylation is 2. The zero-order valence-corrected chi connectivity index (χ0v) is 9.89. The summed E-state index contributed by atoms with van der Waals surface area (Å²) in [7, 11) is 0. The van der Waals surface area contributed by atoms with Crippen LogP contribution in [-0.4, -0.2) is 26.8 Å². The number of aromatic amines is 1. The first-order valence-electron chi connectivity index (χ1n) is 4.88. The second kappa shape index (κ2) is 4.17. The van der Waals surface area contributed by atoms with E-state index in [1.807, 2.05) is 26.0 Å². The first-order valence-corrected chi connectivity index (χ1v) is 5.86. The number of thioether (sulfide) groups is 1. The van der Waals surface area contributed by atoms with Crippen molar-refractivity contribution in [1.29, 1.82) is 0 Å². The predicted octanol–water partition coefficient (Wildman–Crippen LogP) is 2.36. The first kappa shape index (κ1) is 11.0. The highest BCUT2D eigenvalue weighted by atomic mass is 32.2. The third kappa shape index (κ3) is 2.19. The topological polar surface area (TPSA) is 66.0 Å². The van der Waals surface area contributed by atoms with E-state index >= 15 is 0 Å². The molecule has 0 saturated carbocycles. The van der Waals surface area contributed by atoms with Crippen LogP contribution in [0.15, 0.2) is 17.3 Å². The van der Waals surface area contributed by atoms with Gasteiger partial charge in [-0.1, -0.05) is 11.8 Å². The lowest BCUT2D eigenvalue weighted by molar-refractivity contribution is -0.133. The van der Waals surface area contributed by atoms with Crippen LogP contribution in [0.25, 0.3) is 11.0 Å². The maximum atomic E-state index is 10.4. The molecular formula is C11H12N2O2S. The number of nitrogens with one attached hydrogen (secondary N) is 1. The number of rotatable bonds is 3. The molecule has 0 saturated heterocycles. The third-order valence-corrected chi connectivity index (χ3v) is 3.27. The Kier molecular flexibility index (Phi) is 2.87. The van der Waals surface area contributed by atoms with E-state index in [4.69, 9.17) is 5.11 Å². The number of aromatic nitrogens is 2. The van der Waals surface area contributed by atoms with Crippen molar-refractivity contribution in [1.82, 2.24) is 9.97 Å². The van der Waals surface area contributed by atoms with Crippen molar-refractivity contribution in [3.8, 4) is 0 Å². The molecule has 0 spiro atoms. The molecule has 2 rings (SSSR count). The number of carboxylic acid groups (broad SMARTS) is 1. The van der Waals surface area contributed by atoms with Crippen LogP contribution in [0.4, 0.5) is 0 Å². The number of aliphatic carboxylic acids is 1. The average Bonchev–Trinajstić information content (AvgIpc) is 2.58. The quantitative estimate of drug-likeness (QED) is 0.803. The minimum Gasteiger partial charge on any atom is -0.481 e. The van der Waals surface area contributed by atoms with Crippen molar-refractivity contribution in [3.63, 3.8) is 0 Å². The lowest BCUT2D eigenvalue weighted by atomic mass is 10.1. The van der Waals surface area contributed by atoms with E-state index in [0.29, 0.717) is 5.16 Å². The molecule has 0 aliphatic heterocycles. The van der Waals surface area contributed by atoms with Crippen LogP contribution in [0.5, 0.6) is 0 Å². The van der Waals surface area contributed by atoms with Crippen molar-refractivity contribution in [2.75, 3.05) is 5.75 Å². The summed E-state index contributed by atoms with van der Waals surface area (Å²) >= 11 is 1.20. The van der Waals surface area contributed by atoms with Gasteiger partial charge >= 0.3 is 5.97 Å². The molecule has 1 heterocycles. The van der Waals surface area contributed by atoms with Gasteiger partial charge in [0.05, 0.1) is 16.8 Å². The molecule has 4 nitrogen and oxygen atoms in total. The van der Waals surface area contributed by atoms with Crippen LogP contribution in [0.3, 0.4) is 0 Å². The highest BCUT2D eigenvalue weighted by Gasteiger charge is 2.06. The van der Waals surface area contributed by atoms with E-state index in [1.54, 1.807) is 0 Å². The molecule has 0 radical (unpaired) electrons. The average molecular weight is 236 g/mol. The van der Waals surface area contributed by atoms with Gasteiger partial charge in [0, 0.05) is 0 Å². The summed E-state index contributed by atoms with van der Waals surface area (Å²) < 4.78 is 0. The standard InChI is InChI=1S/C11H12N2O2S/c1-6-3-8-9(4-7(6)2)13-11(12-8)16-5-10(14)15/h3-4H,5H2,1-2H3,(H,12,13)(H,14,15). The van der Waals surface area contributed by atoms with E-state index in [2.05, 4.69) is 9.97 Å². The molecule has 0 aliphatic rings. The lowest BCUT2D eigenvalue weighted by Crippen LogP contribution is -1.97. The van der Waals surface area contributed by atoms with Crippen LogP contribution in [-0.2, 0) is 4.79 Å². The fraction of sp³-hybridized carbons (Fsp3) is 0.273. The summed E-state index contributed by atoms with van der Waals surface area (Å²) in [5, 5.41) is 9.23. The molecular weight excluding hydrogens is 224 g/mol. The normalized spacial score (nSPS) is 10.9. The molecule has 1 aromatic heterocycles. The summed E-state index contributed by atoms with van der Waals surface area (Å²) in [4.78, 5) is 17.9. The predicted molar refractivity (Wildman–Crippen MR) is 63.9 cm³/mol. The van der Waals surface area contributed by atoms with Crippen LogP contribution in [0.2, 0.25) is 0 Å². The Morgan fingerprint density at radius 2 is 2.12 bits per heavy atom. The molecule has 84 valence electrons. The second-order valence-electron chi connectivity index (χ2n) is 3.68. The molecule has 1 aromatic carbocycles. The minimum absolute atomic E-state index is 0.0256. The minimum atomic E-state index is -0.835. The number of hydrogen-bond donors (Lipinski definition) is 2. The Bertz CT molecular complexity index is 509. The van der Waals surface area contributed by atoms with Gasteiger partial charge in [0.25, 0.3) is 0 Å². The van der Waals surface area contributed by atoms with E-state index in [-0.39, 0.29) is 5.75 Å². The second-order valence-corrected chi connectivity index (χ2v) is 4.64. The summed E-state index contributed by atoms with van der Waals surface area (Å²) in [5.74, 6) is -0.810. The fourth-order valence-electron chi connectivity index (χ4n) is 1.44. The summed E-state index contributed by atoms with van der Waals surface area (Å²) in [6.45, 7) is 4.08. The number of benzene rings is 1. The van der Waals surface area contributed by atoms with Crippen molar-refractivity contribution in [2.45, 2.75) is 19.0 Å². The molecule has 2 aromatic rings. The lowest BCUT2D eigenvalue weighted by Gasteiger charge is -1.97. The van der Waals surface area contributed by atoms with Crippen molar-refractivity contribution in [2.24, 2.45) is 0 Å². The highest BCUT2D eigenvalue weighted by molar-refractivity contribution is 7.99. The Balaban J connectivity index is 2.33. The van der Waals surface area contributed by atoms with Gasteiger partial charge in [0.2, 0.25) is 0 Å². The van der Waals surface area contributed by atoms with Crippen LogP contribution in [0, 0.1) is 13.8 Å². The Hall–Kier alpha value is -1.49. The van der Waals surface area contributed by atoms with Crippen LogP contribution in [0.1, 0.15) is 11.1 Å². The van der Waals surface area contributed by atoms with Crippen molar-refractivity contribution in [3.05, 3.63) is 23.3 Å². The number of fused-ring (bicyclic) bond motifs is 1. The number of carboxylic acids is 1. The number of hydrogen-bond acceptors (Lipinski definition) is 3. The largest absolute Gasteiger partial charge is 0.481 e. The number of imidazole rings is 1. The molecule has 16 heavy (non-hydrogen) atoms. The third-order valence-electron chi connectivity index (χ3n) is 2.41. The molecule has 0 amide bonds. The Morgan fingerprint density at radius 1 is 1.44 bits per heavy atom. The van der Waals surface area contributed by atoms with Crippen molar-refractivity contribution < 1.29 is 9.90 Å². The van der Waals surface area contributed by atoms with Gasteiger partial charge in [-0.15, -0.1) is 0 Å². The van der Waals surface area contributed by atoms with Gasteiger partial charge in [0.15, 0.2) is 5.16 Å². The van der Waals surface area contributed by atoms with Gasteiger partial charge in [0.1, 0.15) is 0 Å².